The molecule has 0 unspecified atom stereocenters. The lowest BCUT2D eigenvalue weighted by Crippen LogP contribution is -2.43. The van der Waals surface area contributed by atoms with Crippen molar-refractivity contribution < 1.29 is 4.79 Å². The Morgan fingerprint density at radius 2 is 2.07 bits per heavy atom. The second-order valence-corrected chi connectivity index (χ2v) is 4.56. The van der Waals surface area contributed by atoms with E-state index in [1.807, 2.05) is 19.1 Å². The average Bonchev–Trinajstić information content (AvgIpc) is 2.12. The monoisotopic (exact) mass is 189 g/mol. The highest BCUT2D eigenvalue weighted by atomic mass is 16.1. The van der Waals surface area contributed by atoms with Gasteiger partial charge in [0.25, 0.3) is 5.91 Å². The maximum atomic E-state index is 11.7. The molecule has 2 heteroatoms. The Balaban J connectivity index is 2.69. The fourth-order valence-electron chi connectivity index (χ4n) is 2.02. The van der Waals surface area contributed by atoms with Gasteiger partial charge in [0, 0.05) is 17.5 Å². The molecular weight excluding hydrogens is 174 g/mol. The fraction of sp³-hybridized carbons (Fsp3) is 0.417. The predicted molar refractivity (Wildman–Crippen MR) is 56.5 cm³/mol. The van der Waals surface area contributed by atoms with Gasteiger partial charge in [-0.3, -0.25) is 4.79 Å². The quantitative estimate of drug-likeness (QED) is 0.664. The van der Waals surface area contributed by atoms with Gasteiger partial charge in [0.2, 0.25) is 0 Å². The summed E-state index contributed by atoms with van der Waals surface area (Å²) in [7, 11) is 0. The Morgan fingerprint density at radius 1 is 1.36 bits per heavy atom. The van der Waals surface area contributed by atoms with Gasteiger partial charge >= 0.3 is 0 Å². The van der Waals surface area contributed by atoms with E-state index in [0.717, 1.165) is 17.7 Å². The lowest BCUT2D eigenvalue weighted by Gasteiger charge is -2.33. The third-order valence-corrected chi connectivity index (χ3v) is 2.92. The van der Waals surface area contributed by atoms with Crippen LogP contribution in [0.2, 0.25) is 0 Å². The van der Waals surface area contributed by atoms with Gasteiger partial charge in [0.05, 0.1) is 0 Å². The molecule has 2 nitrogen and oxygen atoms in total. The van der Waals surface area contributed by atoms with Crippen molar-refractivity contribution in [3.63, 3.8) is 0 Å². The van der Waals surface area contributed by atoms with E-state index in [-0.39, 0.29) is 11.3 Å². The van der Waals surface area contributed by atoms with Crippen molar-refractivity contribution in [1.29, 1.82) is 0 Å². The Kier molecular flexibility index (Phi) is 1.88. The molecule has 2 rings (SSSR count). The minimum Gasteiger partial charge on any atom is -0.351 e. The Labute approximate surface area is 84.3 Å². The van der Waals surface area contributed by atoms with Crippen LogP contribution in [0.15, 0.2) is 18.2 Å². The second-order valence-electron chi connectivity index (χ2n) is 4.56. The number of hydrogen-bond donors (Lipinski definition) is 1. The zero-order chi connectivity index (χ0) is 10.3. The van der Waals surface area contributed by atoms with Gasteiger partial charge in [-0.05, 0) is 18.1 Å². The molecule has 1 N–H and O–H groups in total. The highest BCUT2D eigenvalue weighted by Gasteiger charge is 2.31. The molecule has 1 heterocycles. The predicted octanol–water partition coefficient (Wildman–Crippen LogP) is 2.02. The molecule has 0 aromatic heterocycles. The molecule has 0 bridgehead atoms. The van der Waals surface area contributed by atoms with Crippen molar-refractivity contribution in [3.8, 4) is 0 Å². The molecule has 1 aromatic rings. The number of carbonyl (C=O) groups is 1. The lowest BCUT2D eigenvalue weighted by molar-refractivity contribution is 0.0929. The van der Waals surface area contributed by atoms with Crippen LogP contribution in [0.1, 0.15) is 35.3 Å². The molecular formula is C12H15NO. The van der Waals surface area contributed by atoms with E-state index in [4.69, 9.17) is 0 Å². The first-order chi connectivity index (χ1) is 6.52. The number of rotatable bonds is 0. The van der Waals surface area contributed by atoms with Gasteiger partial charge in [-0.25, -0.2) is 0 Å². The molecule has 0 spiro atoms. The third kappa shape index (κ3) is 1.22. The summed E-state index contributed by atoms with van der Waals surface area (Å²) in [4.78, 5) is 11.7. The molecule has 0 saturated heterocycles. The summed E-state index contributed by atoms with van der Waals surface area (Å²) in [5, 5.41) is 2.93. The van der Waals surface area contributed by atoms with E-state index in [0.29, 0.717) is 0 Å². The number of aryl methyl sites for hydroxylation is 1. The maximum Gasteiger partial charge on any atom is 0.251 e. The highest BCUT2D eigenvalue weighted by Crippen LogP contribution is 2.30. The van der Waals surface area contributed by atoms with Crippen LogP contribution in [0, 0.1) is 6.92 Å². The molecule has 14 heavy (non-hydrogen) atoms. The number of fused-ring (bicyclic) bond motifs is 1. The number of nitrogens with one attached hydrogen (secondary N) is 1. The standard InChI is InChI=1S/C12H15NO/c1-8-5-4-6-9-10(8)11(14)13-7-12(9,2)3/h4-6H,7H2,1-3H3,(H,13,14). The van der Waals surface area contributed by atoms with Crippen molar-refractivity contribution in [2.75, 3.05) is 6.54 Å². The van der Waals surface area contributed by atoms with E-state index in [9.17, 15) is 4.79 Å². The van der Waals surface area contributed by atoms with E-state index < -0.39 is 0 Å². The molecule has 0 aliphatic carbocycles. The SMILES string of the molecule is Cc1cccc2c1C(=O)NCC2(C)C. The largest absolute Gasteiger partial charge is 0.351 e. The first-order valence-electron chi connectivity index (χ1n) is 4.91. The minimum absolute atomic E-state index is 0.0509. The fourth-order valence-corrected chi connectivity index (χ4v) is 2.02. The number of amides is 1. The molecule has 1 aromatic carbocycles. The molecule has 0 atom stereocenters. The zero-order valence-electron chi connectivity index (χ0n) is 8.85. The molecule has 0 radical (unpaired) electrons. The Morgan fingerprint density at radius 3 is 2.71 bits per heavy atom. The summed E-state index contributed by atoms with van der Waals surface area (Å²) in [6.07, 6.45) is 0. The van der Waals surface area contributed by atoms with Crippen LogP contribution < -0.4 is 5.32 Å². The number of benzene rings is 1. The minimum atomic E-state index is 0.0509. The van der Waals surface area contributed by atoms with Crippen molar-refractivity contribution in [1.82, 2.24) is 5.32 Å². The van der Waals surface area contributed by atoms with Crippen LogP contribution >= 0.6 is 0 Å². The van der Waals surface area contributed by atoms with Gasteiger partial charge in [-0.2, -0.15) is 0 Å². The first-order valence-corrected chi connectivity index (χ1v) is 4.91. The molecule has 1 aliphatic heterocycles. The molecule has 74 valence electrons. The topological polar surface area (TPSA) is 29.1 Å². The highest BCUT2D eigenvalue weighted by molar-refractivity contribution is 5.98. The number of hydrogen-bond acceptors (Lipinski definition) is 1. The number of carbonyl (C=O) groups excluding carboxylic acids is 1. The summed E-state index contributed by atoms with van der Waals surface area (Å²) >= 11 is 0. The smallest absolute Gasteiger partial charge is 0.251 e. The van der Waals surface area contributed by atoms with E-state index in [1.165, 1.54) is 5.56 Å². The van der Waals surface area contributed by atoms with Crippen molar-refractivity contribution in [2.45, 2.75) is 26.2 Å². The van der Waals surface area contributed by atoms with Crippen LogP contribution in [0.4, 0.5) is 0 Å². The molecule has 0 fully saturated rings. The third-order valence-electron chi connectivity index (χ3n) is 2.92. The van der Waals surface area contributed by atoms with E-state index in [1.54, 1.807) is 0 Å². The van der Waals surface area contributed by atoms with Crippen molar-refractivity contribution in [2.24, 2.45) is 0 Å². The summed E-state index contributed by atoms with van der Waals surface area (Å²) in [5.74, 6) is 0.0671. The zero-order valence-corrected chi connectivity index (χ0v) is 8.85. The molecule has 1 amide bonds. The van der Waals surface area contributed by atoms with Crippen molar-refractivity contribution in [3.05, 3.63) is 34.9 Å². The lowest BCUT2D eigenvalue weighted by atomic mass is 9.78. The van der Waals surface area contributed by atoms with Crippen LogP contribution in [0.5, 0.6) is 0 Å². The summed E-state index contributed by atoms with van der Waals surface area (Å²) in [5.41, 5.74) is 3.15. The van der Waals surface area contributed by atoms with Crippen LogP contribution in [0.3, 0.4) is 0 Å². The van der Waals surface area contributed by atoms with Crippen LogP contribution in [0.25, 0.3) is 0 Å². The average molecular weight is 189 g/mol. The summed E-state index contributed by atoms with van der Waals surface area (Å²) in [6.45, 7) is 7.03. The molecule has 1 aliphatic rings. The first kappa shape index (κ1) is 9.25. The maximum absolute atomic E-state index is 11.7. The van der Waals surface area contributed by atoms with Crippen LogP contribution in [-0.2, 0) is 5.41 Å². The Bertz CT molecular complexity index is 393. The van der Waals surface area contributed by atoms with Gasteiger partial charge in [0.15, 0.2) is 0 Å². The molecule has 0 saturated carbocycles. The van der Waals surface area contributed by atoms with E-state index >= 15 is 0 Å². The van der Waals surface area contributed by atoms with Crippen LogP contribution in [-0.4, -0.2) is 12.5 Å². The van der Waals surface area contributed by atoms with Gasteiger partial charge in [0.1, 0.15) is 0 Å². The van der Waals surface area contributed by atoms with Crippen molar-refractivity contribution >= 4 is 5.91 Å². The van der Waals surface area contributed by atoms with Gasteiger partial charge < -0.3 is 5.32 Å². The van der Waals surface area contributed by atoms with E-state index in [2.05, 4.69) is 25.2 Å². The summed E-state index contributed by atoms with van der Waals surface area (Å²) in [6, 6.07) is 6.06. The Hall–Kier alpha value is -1.31. The van der Waals surface area contributed by atoms with Gasteiger partial charge in [-0.1, -0.05) is 32.0 Å². The van der Waals surface area contributed by atoms with Gasteiger partial charge in [-0.15, -0.1) is 0 Å². The second kappa shape index (κ2) is 2.84. The summed E-state index contributed by atoms with van der Waals surface area (Å²) < 4.78 is 0. The normalized spacial score (nSPS) is 18.6.